The predicted molar refractivity (Wildman–Crippen MR) is 110 cm³/mol. The van der Waals surface area contributed by atoms with E-state index < -0.39 is 0 Å². The highest BCUT2D eigenvalue weighted by Crippen LogP contribution is 2.20. The number of aromatic amines is 1. The van der Waals surface area contributed by atoms with Crippen molar-refractivity contribution in [2.75, 3.05) is 31.1 Å². The third-order valence-electron chi connectivity index (χ3n) is 5.28. The summed E-state index contributed by atoms with van der Waals surface area (Å²) in [5.41, 5.74) is 0.371. The second-order valence-electron chi connectivity index (χ2n) is 7.08. The van der Waals surface area contributed by atoms with Gasteiger partial charge in [-0.3, -0.25) is 19.5 Å². The van der Waals surface area contributed by atoms with Gasteiger partial charge in [-0.25, -0.2) is 4.68 Å². The number of phenolic OH excluding ortho intramolecular Hbond substituents is 1. The topological polar surface area (TPSA) is 98.6 Å². The number of benzene rings is 2. The minimum absolute atomic E-state index is 0.0451. The second-order valence-corrected chi connectivity index (χ2v) is 7.08. The molecule has 2 heterocycles. The Bertz CT molecular complexity index is 1140. The maximum atomic E-state index is 12.6. The van der Waals surface area contributed by atoms with Gasteiger partial charge in [-0.15, -0.1) is 0 Å². The van der Waals surface area contributed by atoms with Crippen LogP contribution < -0.4 is 16.0 Å². The zero-order valence-electron chi connectivity index (χ0n) is 15.9. The van der Waals surface area contributed by atoms with Gasteiger partial charge in [0.2, 0.25) is 5.91 Å². The van der Waals surface area contributed by atoms with Gasteiger partial charge >= 0.3 is 0 Å². The first-order valence-electron chi connectivity index (χ1n) is 9.56. The van der Waals surface area contributed by atoms with Crippen LogP contribution in [-0.4, -0.2) is 51.9 Å². The number of carbonyl (C=O) groups is 1. The standard InChI is InChI=1S/C21H22N4O4/c26-16-7-5-15(6-8-16)23-11-13-24(14-12-23)19(27)9-10-25-21(29)18-4-2-1-3-17(18)20(28)22-25/h1-8,26H,9-14H2,(H,22,28). The van der Waals surface area contributed by atoms with Crippen molar-refractivity contribution in [1.82, 2.24) is 14.7 Å². The number of nitrogens with one attached hydrogen (secondary N) is 1. The average Bonchev–Trinajstić information content (AvgIpc) is 2.76. The summed E-state index contributed by atoms with van der Waals surface area (Å²) in [5.74, 6) is 0.181. The van der Waals surface area contributed by atoms with Gasteiger partial charge in [-0.05, 0) is 36.4 Å². The van der Waals surface area contributed by atoms with E-state index >= 15 is 0 Å². The van der Waals surface area contributed by atoms with Gasteiger partial charge in [-0.2, -0.15) is 0 Å². The summed E-state index contributed by atoms with van der Waals surface area (Å²) < 4.78 is 1.22. The third kappa shape index (κ3) is 3.87. The Morgan fingerprint density at radius 1 is 0.931 bits per heavy atom. The minimum atomic E-state index is -0.338. The lowest BCUT2D eigenvalue weighted by atomic mass is 10.2. The molecule has 1 aliphatic rings. The Morgan fingerprint density at radius 3 is 2.28 bits per heavy atom. The highest BCUT2D eigenvalue weighted by molar-refractivity contribution is 5.80. The number of rotatable bonds is 4. The van der Waals surface area contributed by atoms with Crippen LogP contribution in [0.5, 0.6) is 5.75 Å². The molecule has 1 aliphatic heterocycles. The maximum Gasteiger partial charge on any atom is 0.273 e. The van der Waals surface area contributed by atoms with E-state index in [0.29, 0.717) is 37.0 Å². The quantitative estimate of drug-likeness (QED) is 0.691. The third-order valence-corrected chi connectivity index (χ3v) is 5.28. The monoisotopic (exact) mass is 394 g/mol. The molecule has 0 saturated carbocycles. The number of nitrogens with zero attached hydrogens (tertiary/aromatic N) is 3. The summed E-state index contributed by atoms with van der Waals surface area (Å²) in [6.07, 6.45) is 0.146. The van der Waals surface area contributed by atoms with Crippen LogP contribution >= 0.6 is 0 Å². The maximum absolute atomic E-state index is 12.6. The van der Waals surface area contributed by atoms with Crippen LogP contribution in [0.4, 0.5) is 5.69 Å². The SMILES string of the molecule is O=C(CCn1[nH]c(=O)c2ccccc2c1=O)N1CCN(c2ccc(O)cc2)CC1. The predicted octanol–water partition coefficient (Wildman–Crippen LogP) is 1.13. The van der Waals surface area contributed by atoms with Crippen LogP contribution in [-0.2, 0) is 11.3 Å². The number of aromatic hydroxyl groups is 1. The summed E-state index contributed by atoms with van der Waals surface area (Å²) >= 11 is 0. The first-order valence-corrected chi connectivity index (χ1v) is 9.56. The molecule has 0 atom stereocenters. The van der Waals surface area contributed by atoms with Gasteiger partial charge in [0.1, 0.15) is 5.75 Å². The number of amides is 1. The largest absolute Gasteiger partial charge is 0.508 e. The highest BCUT2D eigenvalue weighted by atomic mass is 16.3. The van der Waals surface area contributed by atoms with E-state index in [4.69, 9.17) is 0 Å². The minimum Gasteiger partial charge on any atom is -0.508 e. The number of carbonyl (C=O) groups excluding carboxylic acids is 1. The Hall–Kier alpha value is -3.55. The second kappa shape index (κ2) is 7.83. The fourth-order valence-electron chi connectivity index (χ4n) is 3.65. The van der Waals surface area contributed by atoms with Gasteiger partial charge in [-0.1, -0.05) is 12.1 Å². The van der Waals surface area contributed by atoms with E-state index in [9.17, 15) is 19.5 Å². The zero-order chi connectivity index (χ0) is 20.4. The summed E-state index contributed by atoms with van der Waals surface area (Å²) in [6, 6.07) is 13.7. The van der Waals surface area contributed by atoms with Crippen LogP contribution in [0.25, 0.3) is 10.8 Å². The van der Waals surface area contributed by atoms with Gasteiger partial charge < -0.3 is 14.9 Å². The van der Waals surface area contributed by atoms with E-state index in [1.165, 1.54) is 4.68 Å². The lowest BCUT2D eigenvalue weighted by molar-refractivity contribution is -0.131. The van der Waals surface area contributed by atoms with Gasteiger partial charge in [0, 0.05) is 38.3 Å². The summed E-state index contributed by atoms with van der Waals surface area (Å²) in [6.45, 7) is 2.70. The molecular formula is C21H22N4O4. The first kappa shape index (κ1) is 18.8. The number of hydrogen-bond acceptors (Lipinski definition) is 5. The molecule has 1 aromatic heterocycles. The smallest absolute Gasteiger partial charge is 0.273 e. The lowest BCUT2D eigenvalue weighted by Gasteiger charge is -2.36. The Kier molecular flexibility index (Phi) is 5.07. The molecule has 2 N–H and O–H groups in total. The van der Waals surface area contributed by atoms with E-state index in [-0.39, 0.29) is 35.7 Å². The van der Waals surface area contributed by atoms with Crippen LogP contribution in [0.2, 0.25) is 0 Å². The molecule has 3 aromatic rings. The number of H-pyrrole nitrogens is 1. The molecule has 0 bridgehead atoms. The number of aryl methyl sites for hydroxylation is 1. The van der Waals surface area contributed by atoms with Crippen LogP contribution in [0, 0.1) is 0 Å². The van der Waals surface area contributed by atoms with Crippen molar-refractivity contribution in [1.29, 1.82) is 0 Å². The Morgan fingerprint density at radius 2 is 1.59 bits per heavy atom. The fraction of sp³-hybridized carbons (Fsp3) is 0.286. The summed E-state index contributed by atoms with van der Waals surface area (Å²) in [7, 11) is 0. The number of fused-ring (bicyclic) bond motifs is 1. The van der Waals surface area contributed by atoms with Crippen molar-refractivity contribution < 1.29 is 9.90 Å². The van der Waals surface area contributed by atoms with Gasteiger partial charge in [0.05, 0.1) is 17.3 Å². The van der Waals surface area contributed by atoms with Crippen molar-refractivity contribution in [2.24, 2.45) is 0 Å². The lowest BCUT2D eigenvalue weighted by Crippen LogP contribution is -2.49. The van der Waals surface area contributed by atoms with Crippen LogP contribution in [0.3, 0.4) is 0 Å². The number of aromatic nitrogens is 2. The molecular weight excluding hydrogens is 372 g/mol. The van der Waals surface area contributed by atoms with E-state index in [0.717, 1.165) is 5.69 Å². The number of hydrogen-bond donors (Lipinski definition) is 2. The molecule has 8 nitrogen and oxygen atoms in total. The van der Waals surface area contributed by atoms with Crippen molar-refractivity contribution >= 4 is 22.4 Å². The van der Waals surface area contributed by atoms with Crippen LogP contribution in [0.15, 0.2) is 58.1 Å². The molecule has 1 saturated heterocycles. The summed E-state index contributed by atoms with van der Waals surface area (Å²) in [5, 5.41) is 12.7. The molecule has 0 spiro atoms. The molecule has 4 rings (SSSR count). The van der Waals surface area contributed by atoms with E-state index in [1.807, 2.05) is 12.1 Å². The number of anilines is 1. The van der Waals surface area contributed by atoms with Crippen molar-refractivity contribution in [2.45, 2.75) is 13.0 Å². The first-order chi connectivity index (χ1) is 14.0. The fourth-order valence-corrected chi connectivity index (χ4v) is 3.65. The van der Waals surface area contributed by atoms with Crippen LogP contribution in [0.1, 0.15) is 6.42 Å². The molecule has 150 valence electrons. The zero-order valence-corrected chi connectivity index (χ0v) is 15.9. The van der Waals surface area contributed by atoms with Crippen molar-refractivity contribution in [3.63, 3.8) is 0 Å². The molecule has 1 fully saturated rings. The Labute approximate surface area is 166 Å². The molecule has 1 amide bonds. The average molecular weight is 394 g/mol. The van der Waals surface area contributed by atoms with Gasteiger partial charge in [0.15, 0.2) is 0 Å². The van der Waals surface area contributed by atoms with Crippen molar-refractivity contribution in [3.05, 3.63) is 69.2 Å². The Balaban J connectivity index is 1.38. The summed E-state index contributed by atoms with van der Waals surface area (Å²) in [4.78, 5) is 41.2. The van der Waals surface area contributed by atoms with E-state index in [2.05, 4.69) is 10.00 Å². The molecule has 0 unspecified atom stereocenters. The molecule has 0 aliphatic carbocycles. The van der Waals surface area contributed by atoms with E-state index in [1.54, 1.807) is 41.3 Å². The normalized spacial score (nSPS) is 14.3. The number of phenols is 1. The van der Waals surface area contributed by atoms with Crippen molar-refractivity contribution in [3.8, 4) is 5.75 Å². The molecule has 29 heavy (non-hydrogen) atoms. The molecule has 0 radical (unpaired) electrons. The number of piperazine rings is 1. The highest BCUT2D eigenvalue weighted by Gasteiger charge is 2.21. The van der Waals surface area contributed by atoms with Gasteiger partial charge in [0.25, 0.3) is 11.1 Å². The molecule has 8 heteroatoms. The molecule has 2 aromatic carbocycles.